The van der Waals surface area contributed by atoms with Gasteiger partial charge < -0.3 is 10.1 Å². The van der Waals surface area contributed by atoms with Crippen LogP contribution in [0.2, 0.25) is 0 Å². The Balaban J connectivity index is 2.26. The van der Waals surface area contributed by atoms with Crippen LogP contribution in [-0.4, -0.2) is 25.5 Å². The van der Waals surface area contributed by atoms with Crippen LogP contribution in [0.4, 0.5) is 0 Å². The first-order valence-electron chi connectivity index (χ1n) is 5.71. The molecule has 1 atom stereocenters. The number of ether oxygens (including phenoxy) is 1. The Morgan fingerprint density at radius 2 is 2.00 bits per heavy atom. The van der Waals surface area contributed by atoms with Crippen LogP contribution in [0.15, 0.2) is 29.2 Å². The molecule has 0 radical (unpaired) electrons. The van der Waals surface area contributed by atoms with Crippen molar-refractivity contribution in [2.45, 2.75) is 31.4 Å². The summed E-state index contributed by atoms with van der Waals surface area (Å²) in [5, 5.41) is 3.39. The number of thioether (sulfide) groups is 1. The van der Waals surface area contributed by atoms with Gasteiger partial charge in [0.15, 0.2) is 0 Å². The lowest BCUT2D eigenvalue weighted by atomic mass is 10.2. The molecule has 0 aromatic heterocycles. The summed E-state index contributed by atoms with van der Waals surface area (Å²) in [6, 6.07) is 8.66. The van der Waals surface area contributed by atoms with Gasteiger partial charge in [0, 0.05) is 24.6 Å². The van der Waals surface area contributed by atoms with Gasteiger partial charge in [-0.25, -0.2) is 0 Å². The Morgan fingerprint density at radius 3 is 2.56 bits per heavy atom. The third-order valence-electron chi connectivity index (χ3n) is 2.37. The van der Waals surface area contributed by atoms with Crippen LogP contribution >= 0.6 is 11.8 Å². The molecule has 1 N–H and O–H groups in total. The lowest BCUT2D eigenvalue weighted by Crippen LogP contribution is -2.26. The minimum atomic E-state index is 0.287. The molecule has 2 nitrogen and oxygen atoms in total. The van der Waals surface area contributed by atoms with E-state index >= 15 is 0 Å². The smallest absolute Gasteiger partial charge is 0.0671 e. The Bertz CT molecular complexity index is 286. The zero-order valence-corrected chi connectivity index (χ0v) is 11.1. The van der Waals surface area contributed by atoms with Crippen molar-refractivity contribution in [1.29, 1.82) is 0 Å². The standard InChI is InChI=1S/C13H21NOS/c1-4-15-11(2)9-14-10-12-5-7-13(16-3)8-6-12/h5-8,11,14H,4,9-10H2,1-3H3. The van der Waals surface area contributed by atoms with Gasteiger partial charge in [0.1, 0.15) is 0 Å². The fourth-order valence-corrected chi connectivity index (χ4v) is 1.91. The van der Waals surface area contributed by atoms with E-state index in [1.165, 1.54) is 10.5 Å². The topological polar surface area (TPSA) is 21.3 Å². The number of hydrogen-bond acceptors (Lipinski definition) is 3. The highest BCUT2D eigenvalue weighted by molar-refractivity contribution is 7.98. The van der Waals surface area contributed by atoms with Gasteiger partial charge in [0.25, 0.3) is 0 Å². The minimum absolute atomic E-state index is 0.287. The van der Waals surface area contributed by atoms with Gasteiger partial charge in [-0.2, -0.15) is 0 Å². The van der Waals surface area contributed by atoms with Crippen LogP contribution < -0.4 is 5.32 Å². The van der Waals surface area contributed by atoms with Gasteiger partial charge in [0.05, 0.1) is 6.10 Å². The molecule has 0 bridgehead atoms. The van der Waals surface area contributed by atoms with Crippen molar-refractivity contribution < 1.29 is 4.74 Å². The quantitative estimate of drug-likeness (QED) is 0.739. The van der Waals surface area contributed by atoms with Gasteiger partial charge in [-0.15, -0.1) is 11.8 Å². The van der Waals surface area contributed by atoms with Crippen molar-refractivity contribution in [3.63, 3.8) is 0 Å². The van der Waals surface area contributed by atoms with E-state index in [2.05, 4.69) is 42.8 Å². The first kappa shape index (κ1) is 13.6. The predicted molar refractivity (Wildman–Crippen MR) is 71.0 cm³/mol. The van der Waals surface area contributed by atoms with Crippen LogP contribution in [0.5, 0.6) is 0 Å². The number of hydrogen-bond donors (Lipinski definition) is 1. The van der Waals surface area contributed by atoms with Crippen molar-refractivity contribution in [1.82, 2.24) is 5.32 Å². The van der Waals surface area contributed by atoms with E-state index in [-0.39, 0.29) is 6.10 Å². The molecule has 16 heavy (non-hydrogen) atoms. The molecular formula is C13H21NOS. The summed E-state index contributed by atoms with van der Waals surface area (Å²) in [4.78, 5) is 1.31. The molecular weight excluding hydrogens is 218 g/mol. The van der Waals surface area contributed by atoms with Crippen molar-refractivity contribution in [3.8, 4) is 0 Å². The van der Waals surface area contributed by atoms with Gasteiger partial charge in [-0.3, -0.25) is 0 Å². The highest BCUT2D eigenvalue weighted by Crippen LogP contribution is 2.14. The first-order chi connectivity index (χ1) is 7.76. The Morgan fingerprint density at radius 1 is 1.31 bits per heavy atom. The Kier molecular flexibility index (Phi) is 6.53. The molecule has 3 heteroatoms. The first-order valence-corrected chi connectivity index (χ1v) is 6.94. The zero-order valence-electron chi connectivity index (χ0n) is 10.3. The Hall–Kier alpha value is -0.510. The average Bonchev–Trinajstić information content (AvgIpc) is 2.30. The molecule has 0 fully saturated rings. The molecule has 0 aliphatic rings. The van der Waals surface area contributed by atoms with E-state index in [1.54, 1.807) is 11.8 Å². The summed E-state index contributed by atoms with van der Waals surface area (Å²) in [6.45, 7) is 6.71. The Labute approximate surface area is 103 Å². The molecule has 1 unspecified atom stereocenters. The molecule has 90 valence electrons. The van der Waals surface area contributed by atoms with Crippen LogP contribution in [0, 0.1) is 0 Å². The lowest BCUT2D eigenvalue weighted by Gasteiger charge is -2.12. The predicted octanol–water partition coefficient (Wildman–Crippen LogP) is 2.92. The van der Waals surface area contributed by atoms with E-state index in [0.717, 1.165) is 19.7 Å². The summed E-state index contributed by atoms with van der Waals surface area (Å²) >= 11 is 1.77. The van der Waals surface area contributed by atoms with Crippen LogP contribution in [0.1, 0.15) is 19.4 Å². The third-order valence-corrected chi connectivity index (χ3v) is 3.11. The van der Waals surface area contributed by atoms with Crippen LogP contribution in [0.25, 0.3) is 0 Å². The minimum Gasteiger partial charge on any atom is -0.377 e. The van der Waals surface area contributed by atoms with E-state index in [9.17, 15) is 0 Å². The van der Waals surface area contributed by atoms with E-state index < -0.39 is 0 Å². The van der Waals surface area contributed by atoms with Crippen LogP contribution in [-0.2, 0) is 11.3 Å². The van der Waals surface area contributed by atoms with Crippen molar-refractivity contribution in [2.75, 3.05) is 19.4 Å². The second kappa shape index (κ2) is 7.71. The van der Waals surface area contributed by atoms with Gasteiger partial charge in [0.2, 0.25) is 0 Å². The molecule has 0 saturated carbocycles. The van der Waals surface area contributed by atoms with Gasteiger partial charge >= 0.3 is 0 Å². The normalized spacial score (nSPS) is 12.7. The fraction of sp³-hybridized carbons (Fsp3) is 0.538. The highest BCUT2D eigenvalue weighted by atomic mass is 32.2. The third kappa shape index (κ3) is 5.01. The summed E-state index contributed by atoms with van der Waals surface area (Å²) in [7, 11) is 0. The lowest BCUT2D eigenvalue weighted by molar-refractivity contribution is 0.0759. The fourth-order valence-electron chi connectivity index (χ4n) is 1.51. The molecule has 0 aliphatic heterocycles. The zero-order chi connectivity index (χ0) is 11.8. The molecule has 1 aromatic rings. The summed E-state index contributed by atoms with van der Waals surface area (Å²) in [6.07, 6.45) is 2.38. The van der Waals surface area contributed by atoms with E-state index in [1.807, 2.05) is 6.92 Å². The summed E-state index contributed by atoms with van der Waals surface area (Å²) < 4.78 is 5.45. The molecule has 0 heterocycles. The van der Waals surface area contributed by atoms with E-state index in [4.69, 9.17) is 4.74 Å². The number of benzene rings is 1. The molecule has 0 spiro atoms. The highest BCUT2D eigenvalue weighted by Gasteiger charge is 1.99. The second-order valence-corrected chi connectivity index (χ2v) is 4.62. The second-order valence-electron chi connectivity index (χ2n) is 3.74. The largest absolute Gasteiger partial charge is 0.377 e. The molecule has 0 saturated heterocycles. The maximum atomic E-state index is 5.45. The molecule has 1 rings (SSSR count). The monoisotopic (exact) mass is 239 g/mol. The average molecular weight is 239 g/mol. The molecule has 1 aromatic carbocycles. The van der Waals surface area contributed by atoms with Gasteiger partial charge in [-0.1, -0.05) is 12.1 Å². The van der Waals surface area contributed by atoms with Gasteiger partial charge in [-0.05, 0) is 37.8 Å². The van der Waals surface area contributed by atoms with Crippen molar-refractivity contribution in [3.05, 3.63) is 29.8 Å². The molecule has 0 aliphatic carbocycles. The number of nitrogens with one attached hydrogen (secondary N) is 1. The molecule has 0 amide bonds. The maximum Gasteiger partial charge on any atom is 0.0671 e. The number of rotatable bonds is 7. The summed E-state index contributed by atoms with van der Waals surface area (Å²) in [5.41, 5.74) is 1.32. The SMILES string of the molecule is CCOC(C)CNCc1ccc(SC)cc1. The summed E-state index contributed by atoms with van der Waals surface area (Å²) in [5.74, 6) is 0. The van der Waals surface area contributed by atoms with Crippen LogP contribution in [0.3, 0.4) is 0 Å². The van der Waals surface area contributed by atoms with Crippen molar-refractivity contribution >= 4 is 11.8 Å². The maximum absolute atomic E-state index is 5.45. The van der Waals surface area contributed by atoms with E-state index in [0.29, 0.717) is 0 Å². The van der Waals surface area contributed by atoms with Crippen molar-refractivity contribution in [2.24, 2.45) is 0 Å².